The van der Waals surface area contributed by atoms with E-state index in [0.717, 1.165) is 22.6 Å². The third kappa shape index (κ3) is 2.01. The van der Waals surface area contributed by atoms with Gasteiger partial charge >= 0.3 is 0 Å². The largest absolute Gasteiger partial charge is 0.398 e. The zero-order valence-corrected chi connectivity index (χ0v) is 11.4. The Morgan fingerprint density at radius 1 is 1.18 bits per heavy atom. The van der Waals surface area contributed by atoms with E-state index in [-0.39, 0.29) is 0 Å². The summed E-state index contributed by atoms with van der Waals surface area (Å²) < 4.78 is 1.79. The molecule has 0 saturated carbocycles. The van der Waals surface area contributed by atoms with Crippen LogP contribution in [0.2, 0.25) is 10.0 Å². The van der Waals surface area contributed by atoms with Crippen LogP contribution in [0.25, 0.3) is 5.69 Å². The van der Waals surface area contributed by atoms with Gasteiger partial charge in [-0.05, 0) is 38.5 Å². The van der Waals surface area contributed by atoms with Crippen molar-refractivity contribution in [3.05, 3.63) is 39.1 Å². The van der Waals surface area contributed by atoms with Gasteiger partial charge in [0.1, 0.15) is 0 Å². The zero-order valence-electron chi connectivity index (χ0n) is 9.88. The Balaban J connectivity index is 2.68. The average molecular weight is 270 g/mol. The van der Waals surface area contributed by atoms with Crippen LogP contribution in [0, 0.1) is 20.8 Å². The number of nitrogens with two attached hydrogens (primary N) is 1. The molecule has 1 heterocycles. The molecule has 1 aromatic heterocycles. The lowest BCUT2D eigenvalue weighted by atomic mass is 10.2. The molecule has 0 radical (unpaired) electrons. The zero-order chi connectivity index (χ0) is 12.7. The molecule has 0 bridgehead atoms. The average Bonchev–Trinajstić information content (AvgIpc) is 2.51. The van der Waals surface area contributed by atoms with Crippen LogP contribution in [0.5, 0.6) is 0 Å². The topological polar surface area (TPSA) is 43.8 Å². The van der Waals surface area contributed by atoms with Crippen molar-refractivity contribution in [1.82, 2.24) is 9.78 Å². The van der Waals surface area contributed by atoms with E-state index in [0.29, 0.717) is 15.7 Å². The number of aryl methyl sites for hydroxylation is 2. The molecule has 2 aromatic rings. The van der Waals surface area contributed by atoms with Gasteiger partial charge in [-0.1, -0.05) is 23.2 Å². The summed E-state index contributed by atoms with van der Waals surface area (Å²) in [5.74, 6) is 0. The summed E-state index contributed by atoms with van der Waals surface area (Å²) in [7, 11) is 0. The van der Waals surface area contributed by atoms with Crippen LogP contribution in [0.3, 0.4) is 0 Å². The van der Waals surface area contributed by atoms with E-state index in [1.807, 2.05) is 32.9 Å². The Hall–Kier alpha value is -1.19. The van der Waals surface area contributed by atoms with Crippen LogP contribution in [0.15, 0.2) is 12.1 Å². The molecule has 0 aliphatic rings. The Kier molecular flexibility index (Phi) is 3.06. The van der Waals surface area contributed by atoms with E-state index in [1.54, 1.807) is 4.68 Å². The Morgan fingerprint density at radius 3 is 2.35 bits per heavy atom. The maximum absolute atomic E-state index is 6.13. The molecule has 0 saturated heterocycles. The van der Waals surface area contributed by atoms with Crippen molar-refractivity contribution in [3.63, 3.8) is 0 Å². The van der Waals surface area contributed by atoms with Crippen molar-refractivity contribution in [2.24, 2.45) is 0 Å². The number of hydrogen-bond donors (Lipinski definition) is 1. The van der Waals surface area contributed by atoms with Crippen LogP contribution in [-0.2, 0) is 0 Å². The Morgan fingerprint density at radius 2 is 1.82 bits per heavy atom. The van der Waals surface area contributed by atoms with E-state index in [2.05, 4.69) is 5.10 Å². The van der Waals surface area contributed by atoms with Gasteiger partial charge in [-0.25, -0.2) is 4.68 Å². The SMILES string of the molecule is Cc1cc(N)c(Cl)cc1-n1nc(C)c(Cl)c1C. The monoisotopic (exact) mass is 269 g/mol. The van der Waals surface area contributed by atoms with Crippen molar-refractivity contribution in [2.75, 3.05) is 5.73 Å². The van der Waals surface area contributed by atoms with Gasteiger partial charge in [0.25, 0.3) is 0 Å². The fourth-order valence-electron chi connectivity index (χ4n) is 1.78. The van der Waals surface area contributed by atoms with Crippen LogP contribution in [0.1, 0.15) is 17.0 Å². The number of nitrogens with zero attached hydrogens (tertiary/aromatic N) is 2. The molecule has 0 unspecified atom stereocenters. The summed E-state index contributed by atoms with van der Waals surface area (Å²) in [5, 5.41) is 5.60. The highest BCUT2D eigenvalue weighted by Gasteiger charge is 2.13. The third-order valence-corrected chi connectivity index (χ3v) is 3.62. The minimum Gasteiger partial charge on any atom is -0.398 e. The quantitative estimate of drug-likeness (QED) is 0.803. The lowest BCUT2D eigenvalue weighted by Gasteiger charge is -2.10. The molecule has 0 atom stereocenters. The van der Waals surface area contributed by atoms with E-state index >= 15 is 0 Å². The van der Waals surface area contributed by atoms with E-state index in [9.17, 15) is 0 Å². The minimum absolute atomic E-state index is 0.522. The standard InChI is InChI=1S/C12H13Cl2N3/c1-6-4-10(15)9(13)5-11(6)17-8(3)12(14)7(2)16-17/h4-5H,15H2,1-3H3. The fourth-order valence-corrected chi connectivity index (χ4v) is 2.06. The third-order valence-electron chi connectivity index (χ3n) is 2.75. The van der Waals surface area contributed by atoms with Gasteiger partial charge < -0.3 is 5.73 Å². The summed E-state index contributed by atoms with van der Waals surface area (Å²) in [5.41, 5.74) is 9.93. The highest BCUT2D eigenvalue weighted by atomic mass is 35.5. The lowest BCUT2D eigenvalue weighted by Crippen LogP contribution is -2.02. The molecule has 0 fully saturated rings. The van der Waals surface area contributed by atoms with Crippen LogP contribution < -0.4 is 5.73 Å². The fraction of sp³-hybridized carbons (Fsp3) is 0.250. The molecule has 2 N–H and O–H groups in total. The summed E-state index contributed by atoms with van der Waals surface area (Å²) in [6.45, 7) is 5.76. The number of aromatic nitrogens is 2. The molecular weight excluding hydrogens is 257 g/mol. The van der Waals surface area contributed by atoms with Crippen molar-refractivity contribution in [3.8, 4) is 5.69 Å². The molecule has 0 aliphatic carbocycles. The maximum Gasteiger partial charge on any atom is 0.0848 e. The number of anilines is 1. The van der Waals surface area contributed by atoms with Crippen LogP contribution >= 0.6 is 23.2 Å². The van der Waals surface area contributed by atoms with E-state index in [1.165, 1.54) is 0 Å². The molecule has 1 aromatic carbocycles. The molecule has 17 heavy (non-hydrogen) atoms. The van der Waals surface area contributed by atoms with E-state index < -0.39 is 0 Å². The maximum atomic E-state index is 6.13. The molecular formula is C12H13Cl2N3. The van der Waals surface area contributed by atoms with Gasteiger partial charge in [0.2, 0.25) is 0 Å². The molecule has 0 spiro atoms. The number of rotatable bonds is 1. The van der Waals surface area contributed by atoms with Gasteiger partial charge in [-0.2, -0.15) is 5.10 Å². The predicted molar refractivity (Wildman–Crippen MR) is 72.2 cm³/mol. The minimum atomic E-state index is 0.522. The van der Waals surface area contributed by atoms with Crippen molar-refractivity contribution in [1.29, 1.82) is 0 Å². The van der Waals surface area contributed by atoms with Crippen LogP contribution in [0.4, 0.5) is 5.69 Å². The second kappa shape index (κ2) is 4.24. The van der Waals surface area contributed by atoms with Crippen molar-refractivity contribution in [2.45, 2.75) is 20.8 Å². The van der Waals surface area contributed by atoms with E-state index in [4.69, 9.17) is 28.9 Å². The molecule has 0 amide bonds. The molecule has 3 nitrogen and oxygen atoms in total. The Bertz CT molecular complexity index is 588. The van der Waals surface area contributed by atoms with Gasteiger partial charge in [-0.15, -0.1) is 0 Å². The first-order valence-electron chi connectivity index (χ1n) is 5.19. The predicted octanol–water partition coefficient (Wildman–Crippen LogP) is 3.69. The molecule has 2 rings (SSSR count). The number of nitrogen functional groups attached to an aromatic ring is 1. The van der Waals surface area contributed by atoms with Crippen LogP contribution in [-0.4, -0.2) is 9.78 Å². The van der Waals surface area contributed by atoms with Gasteiger partial charge in [0.05, 0.1) is 32.8 Å². The Labute approximate surface area is 110 Å². The summed E-state index contributed by atoms with van der Waals surface area (Å²) in [4.78, 5) is 0. The summed E-state index contributed by atoms with van der Waals surface area (Å²) in [6.07, 6.45) is 0. The molecule has 90 valence electrons. The van der Waals surface area contributed by atoms with Gasteiger partial charge in [0, 0.05) is 0 Å². The smallest absolute Gasteiger partial charge is 0.0848 e. The molecule has 5 heteroatoms. The first kappa shape index (κ1) is 12.3. The first-order valence-corrected chi connectivity index (χ1v) is 5.95. The van der Waals surface area contributed by atoms with Crippen molar-refractivity contribution >= 4 is 28.9 Å². The molecule has 0 aliphatic heterocycles. The number of benzene rings is 1. The second-order valence-corrected chi connectivity index (χ2v) is 4.84. The van der Waals surface area contributed by atoms with Crippen molar-refractivity contribution < 1.29 is 0 Å². The summed E-state index contributed by atoms with van der Waals surface area (Å²) >= 11 is 12.2. The highest BCUT2D eigenvalue weighted by Crippen LogP contribution is 2.28. The number of halogens is 2. The number of hydrogen-bond acceptors (Lipinski definition) is 2. The van der Waals surface area contributed by atoms with Gasteiger partial charge in [0.15, 0.2) is 0 Å². The summed E-state index contributed by atoms with van der Waals surface area (Å²) in [6, 6.07) is 3.64. The lowest BCUT2D eigenvalue weighted by molar-refractivity contribution is 0.828. The van der Waals surface area contributed by atoms with Gasteiger partial charge in [-0.3, -0.25) is 0 Å². The normalized spacial score (nSPS) is 10.9. The second-order valence-electron chi connectivity index (χ2n) is 4.06. The first-order chi connectivity index (χ1) is 7.91. The highest BCUT2D eigenvalue weighted by molar-refractivity contribution is 6.33.